The topological polar surface area (TPSA) is 0 Å². The molecule has 0 spiro atoms. The van der Waals surface area contributed by atoms with Gasteiger partial charge in [0, 0.05) is 0 Å². The molecule has 0 unspecified atom stereocenters. The Bertz CT molecular complexity index is 337. The quantitative estimate of drug-likeness (QED) is 0.429. The predicted molar refractivity (Wildman–Crippen MR) is 98.9 cm³/mol. The average molecular weight is 411 g/mol. The number of hydrogen-bond donors (Lipinski definition) is 0. The van der Waals surface area contributed by atoms with Gasteiger partial charge in [-0.05, 0) is 0 Å². The van der Waals surface area contributed by atoms with Crippen molar-refractivity contribution in [2.24, 2.45) is 0 Å². The SMILES string of the molecule is Cc1c[cH-]c(C)c1.Cc1c[cH-]c(C)c1.Cl.Cl.[CH3-].[CH3-].[SiH2]=[Zr]. The molecule has 0 N–H and O–H groups in total. The van der Waals surface area contributed by atoms with Crippen LogP contribution < -0.4 is 0 Å². The molecule has 0 heterocycles. The summed E-state index contributed by atoms with van der Waals surface area (Å²) >= 11 is 1.58. The van der Waals surface area contributed by atoms with Crippen LogP contribution in [0.1, 0.15) is 22.3 Å². The Labute approximate surface area is 155 Å². The fourth-order valence-corrected chi connectivity index (χ4v) is 1.44. The maximum absolute atomic E-state index is 2.17. The molecule has 2 aromatic rings. The summed E-state index contributed by atoms with van der Waals surface area (Å²) in [7, 11) is 0. The summed E-state index contributed by atoms with van der Waals surface area (Å²) in [5.74, 6) is 0. The van der Waals surface area contributed by atoms with Crippen molar-refractivity contribution in [3.8, 4) is 0 Å². The molecule has 0 aromatic heterocycles. The van der Waals surface area contributed by atoms with Gasteiger partial charge in [-0.2, -0.15) is 35.4 Å². The second-order valence-corrected chi connectivity index (χ2v) is 3.93. The van der Waals surface area contributed by atoms with Crippen LogP contribution in [-0.4, -0.2) is 6.88 Å². The Morgan fingerprint density at radius 1 is 0.750 bits per heavy atom. The summed E-state index contributed by atoms with van der Waals surface area (Å²) in [6.45, 7) is 10.4. The van der Waals surface area contributed by atoms with E-state index >= 15 is 0 Å². The third-order valence-electron chi connectivity index (χ3n) is 2.13. The van der Waals surface area contributed by atoms with Crippen LogP contribution in [-0.2, 0) is 23.3 Å². The summed E-state index contributed by atoms with van der Waals surface area (Å²) < 4.78 is 0. The first kappa shape index (κ1) is 32.4. The van der Waals surface area contributed by atoms with Crippen molar-refractivity contribution in [2.75, 3.05) is 0 Å². The first-order chi connectivity index (χ1) is 7.58. The van der Waals surface area contributed by atoms with Crippen LogP contribution in [0.4, 0.5) is 0 Å². The van der Waals surface area contributed by atoms with Crippen LogP contribution in [0.2, 0.25) is 0 Å². The van der Waals surface area contributed by atoms with E-state index in [0.29, 0.717) is 0 Å². The average Bonchev–Trinajstić information content (AvgIpc) is 2.80. The molecule has 0 radical (unpaired) electrons. The standard InChI is InChI=1S/2C7H9.2CH3.2ClH.H2Si.Zr/c2*1-6-3-4-7(2)5-6;;;;;;/h2*3-5H,1-2H3;2*1H3;2*1H;1H2;/q4*-1;;;;. The van der Waals surface area contributed by atoms with Crippen LogP contribution in [0.3, 0.4) is 0 Å². The molecule has 0 atom stereocenters. The normalized spacial score (nSPS) is 6.75. The molecule has 0 bridgehead atoms. The van der Waals surface area contributed by atoms with Crippen molar-refractivity contribution in [3.05, 3.63) is 73.5 Å². The Morgan fingerprint density at radius 3 is 1.05 bits per heavy atom. The third-order valence-corrected chi connectivity index (χ3v) is 2.13. The van der Waals surface area contributed by atoms with Crippen LogP contribution in [0, 0.1) is 42.5 Å². The summed E-state index contributed by atoms with van der Waals surface area (Å²) in [6, 6.07) is 12.8. The zero-order valence-corrected chi connectivity index (χ0v) is 19.0. The molecule has 0 aliphatic rings. The molecule has 0 aliphatic carbocycles. The Hall–Kier alpha value is 0.380. The molecule has 0 saturated heterocycles. The van der Waals surface area contributed by atoms with E-state index in [0.717, 1.165) is 0 Å². The van der Waals surface area contributed by atoms with Crippen molar-refractivity contribution < 1.29 is 23.3 Å². The molecule has 0 aliphatic heterocycles. The number of halogens is 2. The number of hydrogen-bond acceptors (Lipinski definition) is 0. The van der Waals surface area contributed by atoms with Gasteiger partial charge in [0.2, 0.25) is 0 Å². The summed E-state index contributed by atoms with van der Waals surface area (Å²) in [4.78, 5) is 0. The van der Waals surface area contributed by atoms with Crippen LogP contribution >= 0.6 is 24.8 Å². The van der Waals surface area contributed by atoms with Gasteiger partial charge in [0.05, 0.1) is 0 Å². The minimum absolute atomic E-state index is 0. The van der Waals surface area contributed by atoms with Gasteiger partial charge < -0.3 is 14.9 Å². The van der Waals surface area contributed by atoms with Gasteiger partial charge in [0.25, 0.3) is 0 Å². The monoisotopic (exact) mass is 408 g/mol. The van der Waals surface area contributed by atoms with E-state index in [9.17, 15) is 0 Å². The van der Waals surface area contributed by atoms with E-state index in [1.54, 1.807) is 23.3 Å². The van der Waals surface area contributed by atoms with E-state index in [4.69, 9.17) is 0 Å². The van der Waals surface area contributed by atoms with Gasteiger partial charge in [-0.1, -0.05) is 27.7 Å². The minimum atomic E-state index is 0. The van der Waals surface area contributed by atoms with E-state index in [1.807, 2.05) is 6.88 Å². The molecule has 4 heteroatoms. The molecule has 0 saturated carbocycles. The van der Waals surface area contributed by atoms with Crippen molar-refractivity contribution in [2.45, 2.75) is 27.7 Å². The first-order valence-electron chi connectivity index (χ1n) is 5.33. The van der Waals surface area contributed by atoms with Gasteiger partial charge >= 0.3 is 30.2 Å². The van der Waals surface area contributed by atoms with Crippen molar-refractivity contribution in [1.82, 2.24) is 0 Å². The number of aryl methyl sites for hydroxylation is 4. The van der Waals surface area contributed by atoms with Crippen LogP contribution in [0.25, 0.3) is 0 Å². The Balaban J connectivity index is -0.0000000566. The summed E-state index contributed by atoms with van der Waals surface area (Å²) in [5.41, 5.74) is 5.44. The zero-order valence-electron chi connectivity index (χ0n) is 13.5. The summed E-state index contributed by atoms with van der Waals surface area (Å²) in [6.07, 6.45) is 0. The number of rotatable bonds is 0. The zero-order chi connectivity index (χ0) is 12.6. The Morgan fingerprint density at radius 2 is 1.00 bits per heavy atom. The third kappa shape index (κ3) is 16.4. The van der Waals surface area contributed by atoms with E-state index in [-0.39, 0.29) is 39.7 Å². The fraction of sp³-hybridized carbons (Fsp3) is 0.250. The van der Waals surface area contributed by atoms with Gasteiger partial charge in [-0.15, -0.1) is 24.8 Å². The molecule has 20 heavy (non-hydrogen) atoms. The second-order valence-electron chi connectivity index (χ2n) is 3.93. The second kappa shape index (κ2) is 19.4. The van der Waals surface area contributed by atoms with Crippen LogP contribution in [0.5, 0.6) is 0 Å². The van der Waals surface area contributed by atoms with Gasteiger partial charge in [-0.25, -0.2) is 23.3 Å². The first-order valence-corrected chi connectivity index (χ1v) is 11.3. The molecule has 2 aromatic carbocycles. The Kier molecular flexibility index (Phi) is 31.4. The predicted octanol–water partition coefficient (Wildman–Crippen LogP) is 4.87. The fourth-order valence-electron chi connectivity index (χ4n) is 1.44. The van der Waals surface area contributed by atoms with Crippen molar-refractivity contribution >= 4 is 31.7 Å². The summed E-state index contributed by atoms with van der Waals surface area (Å²) in [5, 5.41) is 0. The van der Waals surface area contributed by atoms with Gasteiger partial charge in [-0.3, -0.25) is 0 Å². The molecule has 118 valence electrons. The van der Waals surface area contributed by atoms with Gasteiger partial charge in [0.1, 0.15) is 0 Å². The van der Waals surface area contributed by atoms with Crippen molar-refractivity contribution in [1.29, 1.82) is 0 Å². The molecule has 0 fully saturated rings. The molecule has 2 rings (SSSR count). The van der Waals surface area contributed by atoms with Gasteiger partial charge in [0.15, 0.2) is 0 Å². The molecule has 0 amide bonds. The van der Waals surface area contributed by atoms with Crippen LogP contribution in [0.15, 0.2) is 36.4 Å². The maximum atomic E-state index is 2.17. The van der Waals surface area contributed by atoms with E-state index < -0.39 is 0 Å². The van der Waals surface area contributed by atoms with E-state index in [1.165, 1.54) is 22.3 Å². The molecule has 0 nitrogen and oxygen atoms in total. The molecular formula is C16H28Cl2SiZr-4. The molecular weight excluding hydrogens is 382 g/mol. The van der Waals surface area contributed by atoms with Crippen molar-refractivity contribution in [3.63, 3.8) is 0 Å². The van der Waals surface area contributed by atoms with E-state index in [2.05, 4.69) is 64.1 Å².